The zero-order valence-electron chi connectivity index (χ0n) is 7.98. The maximum absolute atomic E-state index is 9.30. The Bertz CT molecular complexity index is 413. The number of para-hydroxylation sites is 2. The number of aromatic amines is 1. The third-order valence-electron chi connectivity index (χ3n) is 1.96. The Kier molecular flexibility index (Phi) is 3.51. The van der Waals surface area contributed by atoms with E-state index in [9.17, 15) is 5.11 Å². The molecule has 0 saturated carbocycles. The number of H-pyrrole nitrogens is 1. The van der Waals surface area contributed by atoms with Gasteiger partial charge in [0.1, 0.15) is 0 Å². The summed E-state index contributed by atoms with van der Waals surface area (Å²) >= 11 is 6.98. The first-order chi connectivity index (χ1) is 7.29. The van der Waals surface area contributed by atoms with Crippen LogP contribution in [0.5, 0.6) is 0 Å². The molecule has 0 aliphatic heterocycles. The maximum atomic E-state index is 9.30. The second kappa shape index (κ2) is 4.88. The number of alkyl halides is 1. The van der Waals surface area contributed by atoms with Gasteiger partial charge in [-0.15, -0.1) is 11.6 Å². The molecule has 0 spiro atoms. The highest BCUT2D eigenvalue weighted by molar-refractivity contribution is 7.99. The van der Waals surface area contributed by atoms with Crippen molar-refractivity contribution >= 4 is 34.4 Å². The molecule has 1 heterocycles. The Hall–Kier alpha value is -0.710. The summed E-state index contributed by atoms with van der Waals surface area (Å²) in [6.45, 7) is 0. The molecule has 0 amide bonds. The minimum Gasteiger partial charge on any atom is -0.391 e. The summed E-state index contributed by atoms with van der Waals surface area (Å²) in [6, 6.07) is 7.84. The van der Waals surface area contributed by atoms with Crippen LogP contribution in [0.15, 0.2) is 29.4 Å². The number of nitrogens with zero attached hydrogens (tertiary/aromatic N) is 1. The van der Waals surface area contributed by atoms with Crippen LogP contribution in [0.25, 0.3) is 11.0 Å². The average molecular weight is 243 g/mol. The summed E-state index contributed by atoms with van der Waals surface area (Å²) in [5, 5.41) is 10.1. The molecule has 0 fully saturated rings. The minimum absolute atomic E-state index is 0.257. The molecule has 0 aliphatic carbocycles. The first-order valence-electron chi connectivity index (χ1n) is 4.61. The largest absolute Gasteiger partial charge is 0.391 e. The number of fused-ring (bicyclic) bond motifs is 1. The van der Waals surface area contributed by atoms with Crippen molar-refractivity contribution in [1.29, 1.82) is 0 Å². The number of nitrogens with one attached hydrogen (secondary N) is 1. The molecule has 2 rings (SSSR count). The van der Waals surface area contributed by atoms with Crippen LogP contribution in [0.1, 0.15) is 0 Å². The highest BCUT2D eigenvalue weighted by atomic mass is 35.5. The molecule has 1 atom stereocenters. The number of aliphatic hydroxyl groups excluding tert-OH is 1. The van der Waals surface area contributed by atoms with Gasteiger partial charge in [0.25, 0.3) is 0 Å². The van der Waals surface area contributed by atoms with E-state index < -0.39 is 6.10 Å². The summed E-state index contributed by atoms with van der Waals surface area (Å²) in [4.78, 5) is 7.54. The quantitative estimate of drug-likeness (QED) is 0.639. The minimum atomic E-state index is -0.482. The van der Waals surface area contributed by atoms with Crippen molar-refractivity contribution < 1.29 is 5.11 Å². The molecule has 0 aliphatic rings. The topological polar surface area (TPSA) is 48.9 Å². The molecule has 3 nitrogen and oxygen atoms in total. The van der Waals surface area contributed by atoms with Gasteiger partial charge in [-0.25, -0.2) is 4.98 Å². The van der Waals surface area contributed by atoms with Crippen molar-refractivity contribution in [2.45, 2.75) is 11.3 Å². The molecule has 2 N–H and O–H groups in total. The molecule has 2 aromatic rings. The molecule has 0 radical (unpaired) electrons. The van der Waals surface area contributed by atoms with Gasteiger partial charge in [0, 0.05) is 11.6 Å². The van der Waals surface area contributed by atoms with E-state index in [-0.39, 0.29) is 5.88 Å². The number of imidazole rings is 1. The van der Waals surface area contributed by atoms with Gasteiger partial charge in [0.15, 0.2) is 5.16 Å². The van der Waals surface area contributed by atoms with Crippen molar-refractivity contribution in [3.8, 4) is 0 Å². The third kappa shape index (κ3) is 2.65. The van der Waals surface area contributed by atoms with Gasteiger partial charge < -0.3 is 10.1 Å². The van der Waals surface area contributed by atoms with Gasteiger partial charge in [0.05, 0.1) is 17.1 Å². The van der Waals surface area contributed by atoms with Gasteiger partial charge in [-0.1, -0.05) is 23.9 Å². The molecule has 1 aromatic heterocycles. The Morgan fingerprint density at radius 3 is 3.00 bits per heavy atom. The van der Waals surface area contributed by atoms with Crippen LogP contribution in [-0.2, 0) is 0 Å². The number of aromatic nitrogens is 2. The summed E-state index contributed by atoms with van der Waals surface area (Å²) in [7, 11) is 0. The number of thioether (sulfide) groups is 1. The Balaban J connectivity index is 2.09. The molecule has 1 unspecified atom stereocenters. The molecule has 15 heavy (non-hydrogen) atoms. The number of rotatable bonds is 4. The van der Waals surface area contributed by atoms with Crippen molar-refractivity contribution in [3.05, 3.63) is 24.3 Å². The smallest absolute Gasteiger partial charge is 0.166 e. The normalized spacial score (nSPS) is 13.2. The number of halogens is 1. The van der Waals surface area contributed by atoms with E-state index in [1.54, 1.807) is 0 Å². The number of hydrogen-bond acceptors (Lipinski definition) is 3. The average Bonchev–Trinajstić information content (AvgIpc) is 2.68. The van der Waals surface area contributed by atoms with Gasteiger partial charge in [-0.3, -0.25) is 0 Å². The van der Waals surface area contributed by atoms with Crippen LogP contribution in [0, 0.1) is 0 Å². The lowest BCUT2D eigenvalue weighted by atomic mass is 10.3. The zero-order valence-corrected chi connectivity index (χ0v) is 9.55. The third-order valence-corrected chi connectivity index (χ3v) is 3.33. The first-order valence-corrected chi connectivity index (χ1v) is 6.13. The standard InChI is InChI=1S/C10H11ClN2OS/c11-5-7(14)6-15-10-12-8-3-1-2-4-9(8)13-10/h1-4,7,14H,5-6H2,(H,12,13). The van der Waals surface area contributed by atoms with E-state index in [2.05, 4.69) is 9.97 Å². The zero-order chi connectivity index (χ0) is 10.7. The number of benzene rings is 1. The lowest BCUT2D eigenvalue weighted by molar-refractivity contribution is 0.223. The van der Waals surface area contributed by atoms with Crippen molar-refractivity contribution in [2.75, 3.05) is 11.6 Å². The summed E-state index contributed by atoms with van der Waals surface area (Å²) in [5.74, 6) is 0.816. The number of aliphatic hydroxyl groups is 1. The first kappa shape index (κ1) is 10.8. The van der Waals surface area contributed by atoms with Crippen LogP contribution in [0.3, 0.4) is 0 Å². The lowest BCUT2D eigenvalue weighted by Gasteiger charge is -2.02. The van der Waals surface area contributed by atoms with Crippen molar-refractivity contribution in [1.82, 2.24) is 9.97 Å². The van der Waals surface area contributed by atoms with Crippen LogP contribution in [0.2, 0.25) is 0 Å². The second-order valence-corrected chi connectivity index (χ2v) is 4.50. The molecular formula is C10H11ClN2OS. The van der Waals surface area contributed by atoms with E-state index in [0.717, 1.165) is 16.2 Å². The fraction of sp³-hybridized carbons (Fsp3) is 0.300. The SMILES string of the molecule is OC(CCl)CSc1nc2ccccc2[nH]1. The van der Waals surface area contributed by atoms with Gasteiger partial charge in [0.2, 0.25) is 0 Å². The van der Waals surface area contributed by atoms with E-state index >= 15 is 0 Å². The fourth-order valence-electron chi connectivity index (χ4n) is 1.22. The fourth-order valence-corrected chi connectivity index (χ4v) is 2.27. The highest BCUT2D eigenvalue weighted by Gasteiger charge is 2.06. The highest BCUT2D eigenvalue weighted by Crippen LogP contribution is 2.19. The van der Waals surface area contributed by atoms with Crippen LogP contribution in [-0.4, -0.2) is 32.8 Å². The van der Waals surface area contributed by atoms with Gasteiger partial charge in [-0.05, 0) is 12.1 Å². The van der Waals surface area contributed by atoms with Crippen molar-refractivity contribution in [3.63, 3.8) is 0 Å². The Labute approximate surface area is 96.9 Å². The van der Waals surface area contributed by atoms with E-state index in [1.165, 1.54) is 11.8 Å². The van der Waals surface area contributed by atoms with Crippen LogP contribution < -0.4 is 0 Å². The molecule has 0 saturated heterocycles. The predicted octanol–water partition coefficient (Wildman–Crippen LogP) is 2.25. The molecule has 5 heteroatoms. The van der Waals surface area contributed by atoms with Gasteiger partial charge >= 0.3 is 0 Å². The lowest BCUT2D eigenvalue weighted by Crippen LogP contribution is -2.11. The van der Waals surface area contributed by atoms with Crippen LogP contribution in [0.4, 0.5) is 0 Å². The predicted molar refractivity (Wildman–Crippen MR) is 63.5 cm³/mol. The Morgan fingerprint density at radius 1 is 1.47 bits per heavy atom. The summed E-state index contributed by atoms with van der Waals surface area (Å²) in [6.07, 6.45) is -0.482. The molecule has 0 bridgehead atoms. The van der Waals surface area contributed by atoms with E-state index in [1.807, 2.05) is 24.3 Å². The van der Waals surface area contributed by atoms with E-state index in [4.69, 9.17) is 11.6 Å². The second-order valence-electron chi connectivity index (χ2n) is 3.18. The molecule has 80 valence electrons. The Morgan fingerprint density at radius 2 is 2.27 bits per heavy atom. The molecular weight excluding hydrogens is 232 g/mol. The van der Waals surface area contributed by atoms with Gasteiger partial charge in [-0.2, -0.15) is 0 Å². The van der Waals surface area contributed by atoms with E-state index in [0.29, 0.717) is 5.75 Å². The maximum Gasteiger partial charge on any atom is 0.166 e. The number of hydrogen-bond donors (Lipinski definition) is 2. The van der Waals surface area contributed by atoms with Crippen molar-refractivity contribution in [2.24, 2.45) is 0 Å². The monoisotopic (exact) mass is 242 g/mol. The summed E-state index contributed by atoms with van der Waals surface area (Å²) < 4.78 is 0. The van der Waals surface area contributed by atoms with Crippen LogP contribution >= 0.6 is 23.4 Å². The molecule has 1 aromatic carbocycles. The summed E-state index contributed by atoms with van der Waals surface area (Å²) in [5.41, 5.74) is 1.96.